The Morgan fingerprint density at radius 2 is 2.31 bits per heavy atom. The number of rotatable bonds is 5. The molecule has 0 N–H and O–H groups in total. The molecule has 0 aromatic carbocycles. The maximum atomic E-state index is 11.5. The zero-order valence-electron chi connectivity index (χ0n) is 9.14. The van der Waals surface area contributed by atoms with Gasteiger partial charge in [0, 0.05) is 12.1 Å². The molecule has 1 aromatic heterocycles. The van der Waals surface area contributed by atoms with E-state index >= 15 is 0 Å². The van der Waals surface area contributed by atoms with Crippen molar-refractivity contribution in [2.45, 2.75) is 19.9 Å². The predicted octanol–water partition coefficient (Wildman–Crippen LogP) is 1.30. The molecule has 0 aliphatic rings. The van der Waals surface area contributed by atoms with Gasteiger partial charge in [-0.1, -0.05) is 18.5 Å². The number of carbonyl (C=O) groups excluding carboxylic acids is 2. The van der Waals surface area contributed by atoms with Crippen molar-refractivity contribution in [3.63, 3.8) is 0 Å². The number of hydrogen-bond acceptors (Lipinski definition) is 4. The first-order chi connectivity index (χ1) is 7.52. The zero-order valence-corrected chi connectivity index (χ0v) is 9.90. The van der Waals surface area contributed by atoms with Crippen molar-refractivity contribution in [1.29, 1.82) is 0 Å². The summed E-state index contributed by atoms with van der Waals surface area (Å²) in [5, 5.41) is 4.47. The smallest absolute Gasteiger partial charge is 0.313 e. The summed E-state index contributed by atoms with van der Waals surface area (Å²) in [6.45, 7) is 2.14. The number of Topliss-reactive ketones (excluding diaryl/α,β-unsaturated/α-hetero) is 1. The van der Waals surface area contributed by atoms with Gasteiger partial charge in [0.25, 0.3) is 0 Å². The van der Waals surface area contributed by atoms with Crippen molar-refractivity contribution < 1.29 is 14.3 Å². The minimum absolute atomic E-state index is 0.168. The molecule has 0 bridgehead atoms. The van der Waals surface area contributed by atoms with Gasteiger partial charge >= 0.3 is 5.97 Å². The molecule has 0 fully saturated rings. The van der Waals surface area contributed by atoms with Gasteiger partial charge in [-0.3, -0.25) is 14.3 Å². The molecular formula is C10H13ClN2O3. The third-order valence-electron chi connectivity index (χ3n) is 2.16. The molecule has 16 heavy (non-hydrogen) atoms. The van der Waals surface area contributed by atoms with Crippen LogP contribution in [-0.4, -0.2) is 28.6 Å². The Labute approximate surface area is 98.3 Å². The van der Waals surface area contributed by atoms with Crippen LogP contribution in [0.2, 0.25) is 5.02 Å². The van der Waals surface area contributed by atoms with E-state index in [1.807, 2.05) is 0 Å². The Hall–Kier alpha value is -1.36. The number of hydrogen-bond donors (Lipinski definition) is 0. The van der Waals surface area contributed by atoms with E-state index in [0.29, 0.717) is 11.6 Å². The fourth-order valence-corrected chi connectivity index (χ4v) is 1.37. The van der Waals surface area contributed by atoms with Gasteiger partial charge in [0.05, 0.1) is 24.9 Å². The molecule has 0 saturated carbocycles. The van der Waals surface area contributed by atoms with Gasteiger partial charge in [-0.2, -0.15) is 5.10 Å². The lowest BCUT2D eigenvalue weighted by atomic mass is 10.0. The lowest BCUT2D eigenvalue weighted by molar-refractivity contribution is -0.144. The van der Waals surface area contributed by atoms with Gasteiger partial charge in [-0.15, -0.1) is 0 Å². The molecule has 6 heteroatoms. The Balaban J connectivity index is 2.48. The first kappa shape index (κ1) is 12.7. The molecule has 1 rings (SSSR count). The zero-order chi connectivity index (χ0) is 12.1. The second-order valence-corrected chi connectivity index (χ2v) is 3.94. The van der Waals surface area contributed by atoms with Crippen molar-refractivity contribution in [2.75, 3.05) is 7.11 Å². The Morgan fingerprint density at radius 3 is 2.81 bits per heavy atom. The van der Waals surface area contributed by atoms with Crippen LogP contribution in [0.15, 0.2) is 12.4 Å². The van der Waals surface area contributed by atoms with Crippen LogP contribution in [0.3, 0.4) is 0 Å². The van der Waals surface area contributed by atoms with Gasteiger partial charge in [-0.05, 0) is 0 Å². The highest BCUT2D eigenvalue weighted by atomic mass is 35.5. The molecule has 0 radical (unpaired) electrons. The average Bonchev–Trinajstić information content (AvgIpc) is 2.63. The fourth-order valence-electron chi connectivity index (χ4n) is 1.21. The van der Waals surface area contributed by atoms with E-state index in [1.165, 1.54) is 13.3 Å². The van der Waals surface area contributed by atoms with Crippen LogP contribution in [0.1, 0.15) is 13.3 Å². The van der Waals surface area contributed by atoms with Gasteiger partial charge in [0.15, 0.2) is 0 Å². The highest BCUT2D eigenvalue weighted by Gasteiger charge is 2.17. The Kier molecular flexibility index (Phi) is 4.49. The molecule has 5 nitrogen and oxygen atoms in total. The van der Waals surface area contributed by atoms with Crippen LogP contribution < -0.4 is 0 Å². The number of carbonyl (C=O) groups is 2. The number of halogens is 1. The molecule has 88 valence electrons. The molecular weight excluding hydrogens is 232 g/mol. The highest BCUT2D eigenvalue weighted by molar-refractivity contribution is 6.30. The minimum atomic E-state index is -0.518. The third kappa shape index (κ3) is 3.66. The largest absolute Gasteiger partial charge is 0.469 e. The lowest BCUT2D eigenvalue weighted by Gasteiger charge is -2.09. The number of ketones is 1. The van der Waals surface area contributed by atoms with Crippen LogP contribution in [0.4, 0.5) is 0 Å². The molecule has 0 aliphatic carbocycles. The molecule has 0 spiro atoms. The second-order valence-electron chi connectivity index (χ2n) is 3.50. The van der Waals surface area contributed by atoms with Gasteiger partial charge in [-0.25, -0.2) is 0 Å². The molecule has 1 atom stereocenters. The first-order valence-electron chi connectivity index (χ1n) is 4.80. The summed E-state index contributed by atoms with van der Waals surface area (Å²) in [5.41, 5.74) is 0. The van der Waals surface area contributed by atoms with E-state index in [1.54, 1.807) is 17.8 Å². The summed E-state index contributed by atoms with van der Waals surface area (Å²) >= 11 is 5.69. The maximum Gasteiger partial charge on any atom is 0.313 e. The van der Waals surface area contributed by atoms with Crippen LogP contribution >= 0.6 is 11.6 Å². The fraction of sp³-hybridized carbons (Fsp3) is 0.500. The standard InChI is InChI=1S/C10H13ClN2O3/c1-7(9(14)3-10(15)16-2)5-13-6-8(11)4-12-13/h4,6-7H,3,5H2,1-2H3. The minimum Gasteiger partial charge on any atom is -0.469 e. The lowest BCUT2D eigenvalue weighted by Crippen LogP contribution is -2.21. The SMILES string of the molecule is COC(=O)CC(=O)C(C)Cn1cc(Cl)cn1. The average molecular weight is 245 g/mol. The van der Waals surface area contributed by atoms with E-state index in [9.17, 15) is 9.59 Å². The topological polar surface area (TPSA) is 61.2 Å². The third-order valence-corrected chi connectivity index (χ3v) is 2.35. The summed E-state index contributed by atoms with van der Waals surface area (Å²) in [4.78, 5) is 22.4. The number of nitrogens with zero attached hydrogens (tertiary/aromatic N) is 2. The van der Waals surface area contributed by atoms with E-state index < -0.39 is 5.97 Å². The van der Waals surface area contributed by atoms with Crippen LogP contribution in [0.5, 0.6) is 0 Å². The summed E-state index contributed by atoms with van der Waals surface area (Å²) in [6, 6.07) is 0. The van der Waals surface area contributed by atoms with Crippen molar-refractivity contribution in [2.24, 2.45) is 5.92 Å². The molecule has 1 unspecified atom stereocenters. The summed E-state index contributed by atoms with van der Waals surface area (Å²) in [7, 11) is 1.26. The van der Waals surface area contributed by atoms with Gasteiger partial charge in [0.1, 0.15) is 12.2 Å². The molecule has 1 heterocycles. The number of ether oxygens (including phenoxy) is 1. The van der Waals surface area contributed by atoms with Crippen molar-refractivity contribution >= 4 is 23.4 Å². The van der Waals surface area contributed by atoms with E-state index in [4.69, 9.17) is 11.6 Å². The first-order valence-corrected chi connectivity index (χ1v) is 5.18. The molecule has 0 amide bonds. The van der Waals surface area contributed by atoms with Crippen molar-refractivity contribution in [3.8, 4) is 0 Å². The van der Waals surface area contributed by atoms with E-state index in [2.05, 4.69) is 9.84 Å². The maximum absolute atomic E-state index is 11.5. The predicted molar refractivity (Wildman–Crippen MR) is 58.0 cm³/mol. The van der Waals surface area contributed by atoms with E-state index in [-0.39, 0.29) is 18.1 Å². The van der Waals surface area contributed by atoms with Crippen molar-refractivity contribution in [3.05, 3.63) is 17.4 Å². The number of esters is 1. The van der Waals surface area contributed by atoms with Crippen molar-refractivity contribution in [1.82, 2.24) is 9.78 Å². The van der Waals surface area contributed by atoms with Crippen LogP contribution in [0.25, 0.3) is 0 Å². The van der Waals surface area contributed by atoms with Crippen LogP contribution in [0, 0.1) is 5.92 Å². The molecule has 0 saturated heterocycles. The van der Waals surface area contributed by atoms with Crippen LogP contribution in [-0.2, 0) is 20.9 Å². The summed E-state index contributed by atoms with van der Waals surface area (Å²) in [6.07, 6.45) is 2.93. The normalized spacial score (nSPS) is 12.2. The Bertz CT molecular complexity index is 389. The second kappa shape index (κ2) is 5.65. The van der Waals surface area contributed by atoms with E-state index in [0.717, 1.165) is 0 Å². The highest BCUT2D eigenvalue weighted by Crippen LogP contribution is 2.09. The van der Waals surface area contributed by atoms with Gasteiger partial charge < -0.3 is 4.74 Å². The summed E-state index contributed by atoms with van der Waals surface area (Å²) in [5.74, 6) is -0.983. The molecule has 0 aliphatic heterocycles. The number of aromatic nitrogens is 2. The quantitative estimate of drug-likeness (QED) is 0.579. The Morgan fingerprint density at radius 1 is 1.62 bits per heavy atom. The summed E-state index contributed by atoms with van der Waals surface area (Å²) < 4.78 is 5.99. The number of methoxy groups -OCH3 is 1. The van der Waals surface area contributed by atoms with Gasteiger partial charge in [0.2, 0.25) is 0 Å². The molecule has 1 aromatic rings. The monoisotopic (exact) mass is 244 g/mol.